The Bertz CT molecular complexity index is 89.3. The lowest BCUT2D eigenvalue weighted by atomic mass is 9.87. The zero-order valence-corrected chi connectivity index (χ0v) is 7.32. The SMILES string of the molecule is NCC(S)C1CCCCC1. The van der Waals surface area contributed by atoms with Gasteiger partial charge < -0.3 is 5.73 Å². The summed E-state index contributed by atoms with van der Waals surface area (Å²) in [7, 11) is 0. The molecule has 0 aromatic heterocycles. The molecule has 1 saturated carbocycles. The molecule has 1 fully saturated rings. The van der Waals surface area contributed by atoms with E-state index < -0.39 is 0 Å². The van der Waals surface area contributed by atoms with Crippen LogP contribution in [0.25, 0.3) is 0 Å². The predicted molar refractivity (Wildman–Crippen MR) is 48.4 cm³/mol. The molecule has 0 amide bonds. The molecule has 1 aliphatic carbocycles. The maximum absolute atomic E-state index is 5.53. The van der Waals surface area contributed by atoms with Crippen LogP contribution in [0.4, 0.5) is 0 Å². The third-order valence-electron chi connectivity index (χ3n) is 2.44. The molecule has 0 aromatic carbocycles. The minimum Gasteiger partial charge on any atom is -0.329 e. The van der Waals surface area contributed by atoms with Crippen LogP contribution in [0.1, 0.15) is 32.1 Å². The minimum atomic E-state index is 0.459. The van der Waals surface area contributed by atoms with Gasteiger partial charge in [0, 0.05) is 11.8 Å². The quantitative estimate of drug-likeness (QED) is 0.591. The summed E-state index contributed by atoms with van der Waals surface area (Å²) >= 11 is 4.45. The van der Waals surface area contributed by atoms with Crippen LogP contribution in [-0.4, -0.2) is 11.8 Å². The fraction of sp³-hybridized carbons (Fsp3) is 1.00. The summed E-state index contributed by atoms with van der Waals surface area (Å²) in [5.74, 6) is 0.807. The molecule has 1 unspecified atom stereocenters. The topological polar surface area (TPSA) is 26.0 Å². The van der Waals surface area contributed by atoms with Gasteiger partial charge in [0.25, 0.3) is 0 Å². The van der Waals surface area contributed by atoms with Gasteiger partial charge in [-0.15, -0.1) is 0 Å². The second-order valence-electron chi connectivity index (χ2n) is 3.20. The fourth-order valence-corrected chi connectivity index (χ4v) is 2.01. The fourth-order valence-electron chi connectivity index (χ4n) is 1.71. The number of rotatable bonds is 2. The average Bonchev–Trinajstić information content (AvgIpc) is 2.05. The summed E-state index contributed by atoms with van der Waals surface area (Å²) in [5, 5.41) is 0.459. The van der Waals surface area contributed by atoms with Crippen LogP contribution in [0.15, 0.2) is 0 Å². The van der Waals surface area contributed by atoms with Crippen molar-refractivity contribution in [2.45, 2.75) is 37.4 Å². The molecule has 0 aromatic rings. The monoisotopic (exact) mass is 159 g/mol. The molecule has 1 nitrogen and oxygen atoms in total. The van der Waals surface area contributed by atoms with Crippen molar-refractivity contribution in [2.75, 3.05) is 6.54 Å². The first-order chi connectivity index (χ1) is 4.84. The Balaban J connectivity index is 2.24. The van der Waals surface area contributed by atoms with Crippen molar-refractivity contribution in [2.24, 2.45) is 11.7 Å². The lowest BCUT2D eigenvalue weighted by Crippen LogP contribution is -2.25. The van der Waals surface area contributed by atoms with Crippen LogP contribution in [0, 0.1) is 5.92 Å². The van der Waals surface area contributed by atoms with Crippen LogP contribution < -0.4 is 5.73 Å². The minimum absolute atomic E-state index is 0.459. The van der Waals surface area contributed by atoms with Crippen molar-refractivity contribution >= 4 is 12.6 Å². The number of hydrogen-bond donors (Lipinski definition) is 2. The Morgan fingerprint density at radius 2 is 1.90 bits per heavy atom. The smallest absolute Gasteiger partial charge is 0.0168 e. The van der Waals surface area contributed by atoms with Gasteiger partial charge in [-0.1, -0.05) is 19.3 Å². The first-order valence-electron chi connectivity index (χ1n) is 4.22. The van der Waals surface area contributed by atoms with E-state index in [0.717, 1.165) is 12.5 Å². The molecule has 1 rings (SSSR count). The van der Waals surface area contributed by atoms with Gasteiger partial charge >= 0.3 is 0 Å². The zero-order chi connectivity index (χ0) is 7.40. The standard InChI is InChI=1S/C8H17NS/c9-6-8(10)7-4-2-1-3-5-7/h7-8,10H,1-6,9H2. The van der Waals surface area contributed by atoms with Crippen LogP contribution in [0.5, 0.6) is 0 Å². The normalized spacial score (nSPS) is 24.6. The molecular weight excluding hydrogens is 142 g/mol. The molecule has 0 saturated heterocycles. The molecule has 0 radical (unpaired) electrons. The third-order valence-corrected chi connectivity index (χ3v) is 3.07. The summed E-state index contributed by atoms with van der Waals surface area (Å²) in [6.45, 7) is 0.744. The summed E-state index contributed by atoms with van der Waals surface area (Å²) in [6.07, 6.45) is 6.90. The first kappa shape index (κ1) is 8.41. The number of thiol groups is 1. The van der Waals surface area contributed by atoms with E-state index in [1.807, 2.05) is 0 Å². The lowest BCUT2D eigenvalue weighted by molar-refractivity contribution is 0.352. The maximum atomic E-state index is 5.53. The molecular formula is C8H17NS. The van der Waals surface area contributed by atoms with Gasteiger partial charge in [0.2, 0.25) is 0 Å². The Kier molecular flexibility index (Phi) is 3.57. The van der Waals surface area contributed by atoms with Gasteiger partial charge in [-0.25, -0.2) is 0 Å². The Labute approximate surface area is 68.8 Å². The Morgan fingerprint density at radius 3 is 2.40 bits per heavy atom. The van der Waals surface area contributed by atoms with Crippen LogP contribution in [-0.2, 0) is 0 Å². The van der Waals surface area contributed by atoms with E-state index in [1.165, 1.54) is 32.1 Å². The highest BCUT2D eigenvalue weighted by atomic mass is 32.1. The highest BCUT2D eigenvalue weighted by Crippen LogP contribution is 2.28. The zero-order valence-electron chi connectivity index (χ0n) is 6.42. The van der Waals surface area contributed by atoms with Crippen molar-refractivity contribution in [3.63, 3.8) is 0 Å². The van der Waals surface area contributed by atoms with Gasteiger partial charge in [0.05, 0.1) is 0 Å². The molecule has 2 N–H and O–H groups in total. The van der Waals surface area contributed by atoms with Crippen molar-refractivity contribution in [1.29, 1.82) is 0 Å². The van der Waals surface area contributed by atoms with Gasteiger partial charge in [-0.2, -0.15) is 12.6 Å². The van der Waals surface area contributed by atoms with Gasteiger partial charge in [0.15, 0.2) is 0 Å². The van der Waals surface area contributed by atoms with Crippen LogP contribution >= 0.6 is 12.6 Å². The molecule has 0 aliphatic heterocycles. The summed E-state index contributed by atoms with van der Waals surface area (Å²) in [6, 6.07) is 0. The highest BCUT2D eigenvalue weighted by Gasteiger charge is 2.18. The van der Waals surface area contributed by atoms with E-state index in [9.17, 15) is 0 Å². The van der Waals surface area contributed by atoms with Crippen LogP contribution in [0.2, 0.25) is 0 Å². The molecule has 10 heavy (non-hydrogen) atoms. The maximum Gasteiger partial charge on any atom is 0.0168 e. The Morgan fingerprint density at radius 1 is 1.30 bits per heavy atom. The summed E-state index contributed by atoms with van der Waals surface area (Å²) in [4.78, 5) is 0. The van der Waals surface area contributed by atoms with Crippen molar-refractivity contribution in [3.05, 3.63) is 0 Å². The van der Waals surface area contributed by atoms with E-state index in [4.69, 9.17) is 5.73 Å². The summed E-state index contributed by atoms with van der Waals surface area (Å²) in [5.41, 5.74) is 5.53. The van der Waals surface area contributed by atoms with Gasteiger partial charge in [-0.05, 0) is 18.8 Å². The Hall–Kier alpha value is 0.310. The van der Waals surface area contributed by atoms with Gasteiger partial charge in [-0.3, -0.25) is 0 Å². The predicted octanol–water partition coefficient (Wildman–Crippen LogP) is 1.82. The molecule has 1 atom stereocenters. The first-order valence-corrected chi connectivity index (χ1v) is 4.74. The van der Waals surface area contributed by atoms with Crippen molar-refractivity contribution in [1.82, 2.24) is 0 Å². The second kappa shape index (κ2) is 4.24. The number of hydrogen-bond acceptors (Lipinski definition) is 2. The molecule has 1 aliphatic rings. The molecule has 60 valence electrons. The molecule has 2 heteroatoms. The molecule has 0 heterocycles. The number of nitrogens with two attached hydrogens (primary N) is 1. The largest absolute Gasteiger partial charge is 0.329 e. The van der Waals surface area contributed by atoms with E-state index in [-0.39, 0.29) is 0 Å². The van der Waals surface area contributed by atoms with E-state index in [1.54, 1.807) is 0 Å². The second-order valence-corrected chi connectivity index (χ2v) is 3.86. The summed E-state index contributed by atoms with van der Waals surface area (Å²) < 4.78 is 0. The lowest BCUT2D eigenvalue weighted by Gasteiger charge is -2.25. The molecule has 0 bridgehead atoms. The highest BCUT2D eigenvalue weighted by molar-refractivity contribution is 7.81. The average molecular weight is 159 g/mol. The third kappa shape index (κ3) is 2.17. The van der Waals surface area contributed by atoms with E-state index in [2.05, 4.69) is 12.6 Å². The van der Waals surface area contributed by atoms with Gasteiger partial charge in [0.1, 0.15) is 0 Å². The van der Waals surface area contributed by atoms with Crippen molar-refractivity contribution in [3.8, 4) is 0 Å². The van der Waals surface area contributed by atoms with Crippen molar-refractivity contribution < 1.29 is 0 Å². The van der Waals surface area contributed by atoms with Crippen LogP contribution in [0.3, 0.4) is 0 Å². The van der Waals surface area contributed by atoms with E-state index >= 15 is 0 Å². The molecule has 0 spiro atoms. The van der Waals surface area contributed by atoms with E-state index in [0.29, 0.717) is 5.25 Å².